The van der Waals surface area contributed by atoms with Gasteiger partial charge < -0.3 is 11.1 Å². The van der Waals surface area contributed by atoms with E-state index in [9.17, 15) is 0 Å². The largest absolute Gasteiger partial charge is 0.394 e. The smallest absolute Gasteiger partial charge is 0.171 e. The number of aromatic nitrogens is 2. The SMILES string of the molecule is Cn1cc(N)c(NCC(C2CC2)C2CC2)n1. The number of nitrogens with one attached hydrogen (secondary N) is 1. The summed E-state index contributed by atoms with van der Waals surface area (Å²) in [5.41, 5.74) is 6.62. The zero-order valence-corrected chi connectivity index (χ0v) is 9.82. The number of nitrogens with zero attached hydrogens (tertiary/aromatic N) is 2. The molecule has 2 fully saturated rings. The minimum Gasteiger partial charge on any atom is -0.394 e. The third-order valence-corrected chi connectivity index (χ3v) is 3.82. The lowest BCUT2D eigenvalue weighted by Crippen LogP contribution is -2.19. The van der Waals surface area contributed by atoms with Crippen LogP contribution in [0.3, 0.4) is 0 Å². The van der Waals surface area contributed by atoms with Gasteiger partial charge in [0.2, 0.25) is 0 Å². The molecule has 4 nitrogen and oxygen atoms in total. The predicted octanol–water partition coefficient (Wildman–Crippen LogP) is 1.85. The van der Waals surface area contributed by atoms with Crippen LogP contribution in [0.4, 0.5) is 11.5 Å². The minimum absolute atomic E-state index is 0.757. The Morgan fingerprint density at radius 2 is 2.06 bits per heavy atom. The fraction of sp³-hybridized carbons (Fsp3) is 0.750. The van der Waals surface area contributed by atoms with Gasteiger partial charge in [0.05, 0.1) is 5.69 Å². The molecule has 88 valence electrons. The molecule has 2 saturated carbocycles. The second kappa shape index (κ2) is 3.68. The average molecular weight is 220 g/mol. The van der Waals surface area contributed by atoms with Crippen molar-refractivity contribution in [3.8, 4) is 0 Å². The molecule has 0 spiro atoms. The van der Waals surface area contributed by atoms with E-state index in [-0.39, 0.29) is 0 Å². The summed E-state index contributed by atoms with van der Waals surface area (Å²) in [6, 6.07) is 0. The third kappa shape index (κ3) is 2.01. The van der Waals surface area contributed by atoms with Gasteiger partial charge in [0.1, 0.15) is 0 Å². The maximum Gasteiger partial charge on any atom is 0.171 e. The first-order valence-corrected chi connectivity index (χ1v) is 6.27. The van der Waals surface area contributed by atoms with E-state index in [1.807, 2.05) is 13.2 Å². The van der Waals surface area contributed by atoms with Gasteiger partial charge in [-0.25, -0.2) is 0 Å². The number of rotatable bonds is 5. The van der Waals surface area contributed by atoms with Crippen LogP contribution in [0.2, 0.25) is 0 Å². The molecule has 16 heavy (non-hydrogen) atoms. The molecule has 2 aliphatic carbocycles. The molecule has 3 rings (SSSR count). The van der Waals surface area contributed by atoms with Gasteiger partial charge in [-0.05, 0) is 43.4 Å². The second-order valence-corrected chi connectivity index (χ2v) is 5.33. The van der Waals surface area contributed by atoms with E-state index < -0.39 is 0 Å². The lowest BCUT2D eigenvalue weighted by atomic mass is 9.98. The van der Waals surface area contributed by atoms with Gasteiger partial charge in [-0.3, -0.25) is 4.68 Å². The molecule has 0 radical (unpaired) electrons. The summed E-state index contributed by atoms with van der Waals surface area (Å²) in [7, 11) is 1.90. The summed E-state index contributed by atoms with van der Waals surface area (Å²) in [5, 5.41) is 7.74. The van der Waals surface area contributed by atoms with Crippen LogP contribution in [-0.2, 0) is 7.05 Å². The summed E-state index contributed by atoms with van der Waals surface area (Å²) in [6.07, 6.45) is 7.58. The van der Waals surface area contributed by atoms with Crippen molar-refractivity contribution in [3.05, 3.63) is 6.20 Å². The van der Waals surface area contributed by atoms with Gasteiger partial charge in [-0.1, -0.05) is 0 Å². The second-order valence-electron chi connectivity index (χ2n) is 5.33. The van der Waals surface area contributed by atoms with Crippen LogP contribution in [0.5, 0.6) is 0 Å². The van der Waals surface area contributed by atoms with E-state index in [4.69, 9.17) is 5.73 Å². The molecule has 0 unspecified atom stereocenters. The highest BCUT2D eigenvalue weighted by molar-refractivity contribution is 5.59. The Balaban J connectivity index is 1.60. The molecule has 0 saturated heterocycles. The Kier molecular flexibility index (Phi) is 2.30. The molecule has 0 aromatic carbocycles. The number of hydrogen-bond donors (Lipinski definition) is 2. The van der Waals surface area contributed by atoms with Crippen molar-refractivity contribution in [2.45, 2.75) is 25.7 Å². The van der Waals surface area contributed by atoms with Crippen LogP contribution in [0.15, 0.2) is 6.20 Å². The average Bonchev–Trinajstić information content (AvgIpc) is 3.11. The van der Waals surface area contributed by atoms with Crippen LogP contribution < -0.4 is 11.1 Å². The van der Waals surface area contributed by atoms with E-state index in [2.05, 4.69) is 10.4 Å². The Morgan fingerprint density at radius 1 is 1.44 bits per heavy atom. The lowest BCUT2D eigenvalue weighted by Gasteiger charge is -2.16. The van der Waals surface area contributed by atoms with Crippen LogP contribution in [-0.4, -0.2) is 16.3 Å². The molecule has 1 heterocycles. The van der Waals surface area contributed by atoms with Crippen molar-refractivity contribution < 1.29 is 0 Å². The molecule has 2 aliphatic rings. The van der Waals surface area contributed by atoms with Crippen molar-refractivity contribution >= 4 is 11.5 Å². The Hall–Kier alpha value is -1.19. The molecule has 0 bridgehead atoms. The molecule has 3 N–H and O–H groups in total. The maximum atomic E-state index is 5.87. The molecule has 4 heteroatoms. The highest BCUT2D eigenvalue weighted by Crippen LogP contribution is 2.49. The fourth-order valence-corrected chi connectivity index (χ4v) is 2.63. The van der Waals surface area contributed by atoms with E-state index in [0.717, 1.165) is 35.8 Å². The number of nitrogens with two attached hydrogens (primary N) is 1. The molecule has 1 aromatic rings. The van der Waals surface area contributed by atoms with Gasteiger partial charge in [0.15, 0.2) is 5.82 Å². The summed E-state index contributed by atoms with van der Waals surface area (Å²) < 4.78 is 1.76. The Bertz CT molecular complexity index is 364. The van der Waals surface area contributed by atoms with Crippen molar-refractivity contribution in [1.82, 2.24) is 9.78 Å². The Labute approximate surface area is 96.2 Å². The highest BCUT2D eigenvalue weighted by Gasteiger charge is 2.41. The van der Waals surface area contributed by atoms with Crippen LogP contribution >= 0.6 is 0 Å². The number of anilines is 2. The first kappa shape index (κ1) is 10.00. The standard InChI is InChI=1S/C12H20N4/c1-16-7-11(13)12(15-16)14-6-10(8-2-3-8)9-4-5-9/h7-10H,2-6,13H2,1H3,(H,14,15). The fourth-order valence-electron chi connectivity index (χ4n) is 2.63. The molecule has 0 atom stereocenters. The molecule has 0 aliphatic heterocycles. The maximum absolute atomic E-state index is 5.87. The third-order valence-electron chi connectivity index (χ3n) is 3.82. The van der Waals surface area contributed by atoms with Gasteiger partial charge in [-0.15, -0.1) is 0 Å². The monoisotopic (exact) mass is 220 g/mol. The summed E-state index contributed by atoms with van der Waals surface area (Å²) in [4.78, 5) is 0. The van der Waals surface area contributed by atoms with Crippen molar-refractivity contribution in [3.63, 3.8) is 0 Å². The topological polar surface area (TPSA) is 55.9 Å². The van der Waals surface area contributed by atoms with Crippen molar-refractivity contribution in [2.75, 3.05) is 17.6 Å². The summed E-state index contributed by atoms with van der Waals surface area (Å²) in [6.45, 7) is 1.05. The molecule has 0 amide bonds. The molecule has 1 aromatic heterocycles. The normalized spacial score (nSPS) is 20.4. The van der Waals surface area contributed by atoms with E-state index in [1.54, 1.807) is 4.68 Å². The van der Waals surface area contributed by atoms with Crippen molar-refractivity contribution in [1.29, 1.82) is 0 Å². The van der Waals surface area contributed by atoms with Crippen LogP contribution in [0, 0.1) is 17.8 Å². The molecular formula is C12H20N4. The van der Waals surface area contributed by atoms with Crippen LogP contribution in [0.1, 0.15) is 25.7 Å². The number of nitrogen functional groups attached to an aromatic ring is 1. The van der Waals surface area contributed by atoms with Crippen LogP contribution in [0.25, 0.3) is 0 Å². The quantitative estimate of drug-likeness (QED) is 0.796. The van der Waals surface area contributed by atoms with Gasteiger partial charge in [0, 0.05) is 19.8 Å². The van der Waals surface area contributed by atoms with Crippen molar-refractivity contribution in [2.24, 2.45) is 24.8 Å². The molecular weight excluding hydrogens is 200 g/mol. The van der Waals surface area contributed by atoms with Gasteiger partial charge in [-0.2, -0.15) is 5.10 Å². The zero-order chi connectivity index (χ0) is 11.1. The van der Waals surface area contributed by atoms with Gasteiger partial charge in [0.25, 0.3) is 0 Å². The minimum atomic E-state index is 0.757. The highest BCUT2D eigenvalue weighted by atomic mass is 15.3. The van der Waals surface area contributed by atoms with Gasteiger partial charge >= 0.3 is 0 Å². The number of hydrogen-bond acceptors (Lipinski definition) is 3. The zero-order valence-electron chi connectivity index (χ0n) is 9.82. The van der Waals surface area contributed by atoms with E-state index in [1.165, 1.54) is 25.7 Å². The first-order valence-electron chi connectivity index (χ1n) is 6.27. The summed E-state index contributed by atoms with van der Waals surface area (Å²) in [5.74, 6) is 3.67. The summed E-state index contributed by atoms with van der Waals surface area (Å²) >= 11 is 0. The Morgan fingerprint density at radius 3 is 2.50 bits per heavy atom. The predicted molar refractivity (Wildman–Crippen MR) is 65.0 cm³/mol. The van der Waals surface area contributed by atoms with E-state index >= 15 is 0 Å². The van der Waals surface area contributed by atoms with E-state index in [0.29, 0.717) is 0 Å². The lowest BCUT2D eigenvalue weighted by molar-refractivity contribution is 0.427. The number of aryl methyl sites for hydroxylation is 1. The first-order chi connectivity index (χ1) is 7.74.